The fourth-order valence-corrected chi connectivity index (χ4v) is 1.83. The smallest absolute Gasteiger partial charge is 0.338 e. The lowest BCUT2D eigenvalue weighted by Crippen LogP contribution is -2.12. The molecular weight excluding hydrogens is 198 g/mol. The molecule has 74 valence electrons. The number of anilines is 1. The molecule has 0 saturated heterocycles. The first kappa shape index (κ1) is 8.16. The molecule has 3 rings (SSSR count). The number of Topliss-reactive ketones (excluding diaryl/α,β-unsaturated/α-hetero) is 1. The third-order valence-corrected chi connectivity index (χ3v) is 2.57. The Hall–Kier alpha value is -2.17. The summed E-state index contributed by atoms with van der Waals surface area (Å²) in [5.74, 6) is -1.63. The van der Waals surface area contributed by atoms with E-state index < -0.39 is 17.7 Å². The van der Waals surface area contributed by atoms with Gasteiger partial charge in [-0.25, -0.2) is 4.79 Å². The van der Waals surface area contributed by atoms with E-state index in [2.05, 4.69) is 5.32 Å². The SMILES string of the molecule is O=C1Nc2c(ccc3c2COC3=O)C1=O. The first-order valence-corrected chi connectivity index (χ1v) is 4.37. The minimum absolute atomic E-state index is 0.116. The highest BCUT2D eigenvalue weighted by Gasteiger charge is 2.34. The Morgan fingerprint density at radius 3 is 2.67 bits per heavy atom. The van der Waals surface area contributed by atoms with Gasteiger partial charge < -0.3 is 10.1 Å². The van der Waals surface area contributed by atoms with Crippen LogP contribution in [0.2, 0.25) is 0 Å². The van der Waals surface area contributed by atoms with Crippen LogP contribution in [-0.2, 0) is 16.1 Å². The summed E-state index contributed by atoms with van der Waals surface area (Å²) in [5.41, 5.74) is 1.76. The molecule has 0 bridgehead atoms. The van der Waals surface area contributed by atoms with Crippen molar-refractivity contribution in [2.24, 2.45) is 0 Å². The van der Waals surface area contributed by atoms with Gasteiger partial charge in [0.2, 0.25) is 0 Å². The van der Waals surface area contributed by atoms with Gasteiger partial charge in [-0.1, -0.05) is 0 Å². The first-order chi connectivity index (χ1) is 7.18. The quantitative estimate of drug-likeness (QED) is 0.492. The van der Waals surface area contributed by atoms with Gasteiger partial charge in [0.1, 0.15) is 6.61 Å². The number of amides is 1. The average molecular weight is 203 g/mol. The van der Waals surface area contributed by atoms with Crippen molar-refractivity contribution < 1.29 is 19.1 Å². The number of carbonyl (C=O) groups is 3. The topological polar surface area (TPSA) is 72.5 Å². The van der Waals surface area contributed by atoms with E-state index >= 15 is 0 Å². The van der Waals surface area contributed by atoms with E-state index in [1.54, 1.807) is 0 Å². The van der Waals surface area contributed by atoms with Crippen LogP contribution in [0, 0.1) is 0 Å². The number of carbonyl (C=O) groups excluding carboxylic acids is 3. The molecule has 1 amide bonds. The van der Waals surface area contributed by atoms with Gasteiger partial charge in [-0.3, -0.25) is 9.59 Å². The maximum Gasteiger partial charge on any atom is 0.338 e. The number of ether oxygens (including phenoxy) is 1. The number of hydrogen-bond donors (Lipinski definition) is 1. The standard InChI is InChI=1S/C10H5NO4/c12-8-5-2-1-4-6(3-15-10(4)14)7(5)11-9(8)13/h1-2H,3H2,(H,11,12,13). The first-order valence-electron chi connectivity index (χ1n) is 4.37. The predicted molar refractivity (Wildman–Crippen MR) is 48.5 cm³/mol. The molecule has 1 aromatic carbocycles. The normalized spacial score (nSPS) is 17.2. The molecule has 0 radical (unpaired) electrons. The minimum Gasteiger partial charge on any atom is -0.457 e. The van der Waals surface area contributed by atoms with Crippen molar-refractivity contribution in [1.82, 2.24) is 0 Å². The van der Waals surface area contributed by atoms with Crippen molar-refractivity contribution in [3.05, 3.63) is 28.8 Å². The summed E-state index contributed by atoms with van der Waals surface area (Å²) < 4.78 is 4.82. The largest absolute Gasteiger partial charge is 0.457 e. The minimum atomic E-state index is -0.655. The Morgan fingerprint density at radius 2 is 1.87 bits per heavy atom. The van der Waals surface area contributed by atoms with Crippen LogP contribution in [-0.4, -0.2) is 17.7 Å². The summed E-state index contributed by atoms with van der Waals surface area (Å²) in [7, 11) is 0. The summed E-state index contributed by atoms with van der Waals surface area (Å²) in [4.78, 5) is 33.7. The Labute approximate surface area is 84.0 Å². The lowest BCUT2D eigenvalue weighted by atomic mass is 10.0. The van der Waals surface area contributed by atoms with Crippen LogP contribution < -0.4 is 5.32 Å². The molecule has 2 heterocycles. The lowest BCUT2D eigenvalue weighted by Gasteiger charge is -2.01. The molecule has 0 atom stereocenters. The Bertz CT molecular complexity index is 532. The second kappa shape index (κ2) is 2.44. The van der Waals surface area contributed by atoms with E-state index in [1.807, 2.05) is 0 Å². The van der Waals surface area contributed by atoms with Gasteiger partial charge in [0, 0.05) is 5.56 Å². The predicted octanol–water partition coefficient (Wildman–Crippen LogP) is 0.492. The Balaban J connectivity index is 2.29. The highest BCUT2D eigenvalue weighted by Crippen LogP contribution is 2.33. The summed E-state index contributed by atoms with van der Waals surface area (Å²) in [6, 6.07) is 2.99. The van der Waals surface area contributed by atoms with Gasteiger partial charge in [-0.2, -0.15) is 0 Å². The lowest BCUT2D eigenvalue weighted by molar-refractivity contribution is -0.112. The van der Waals surface area contributed by atoms with Gasteiger partial charge in [-0.15, -0.1) is 0 Å². The zero-order chi connectivity index (χ0) is 10.6. The third kappa shape index (κ3) is 0.890. The number of hydrogen-bond acceptors (Lipinski definition) is 4. The molecule has 2 aliphatic rings. The number of ketones is 1. The molecule has 1 aromatic rings. The average Bonchev–Trinajstić information content (AvgIpc) is 2.72. The van der Waals surface area contributed by atoms with Crippen LogP contribution in [0.4, 0.5) is 5.69 Å². The van der Waals surface area contributed by atoms with E-state index in [1.165, 1.54) is 12.1 Å². The molecule has 5 nitrogen and oxygen atoms in total. The van der Waals surface area contributed by atoms with E-state index in [-0.39, 0.29) is 6.61 Å². The van der Waals surface area contributed by atoms with Crippen molar-refractivity contribution in [2.45, 2.75) is 6.61 Å². The summed E-state index contributed by atoms with van der Waals surface area (Å²) >= 11 is 0. The monoisotopic (exact) mass is 203 g/mol. The molecule has 0 unspecified atom stereocenters. The van der Waals surface area contributed by atoms with E-state index in [0.717, 1.165) is 0 Å². The number of benzene rings is 1. The summed E-state index contributed by atoms with van der Waals surface area (Å²) in [6.45, 7) is 0.116. The fourth-order valence-electron chi connectivity index (χ4n) is 1.83. The van der Waals surface area contributed by atoms with Crippen molar-refractivity contribution in [2.75, 3.05) is 5.32 Å². The zero-order valence-electron chi connectivity index (χ0n) is 7.49. The maximum absolute atomic E-state index is 11.3. The molecule has 0 saturated carbocycles. The molecule has 0 spiro atoms. The Kier molecular flexibility index (Phi) is 1.33. The van der Waals surface area contributed by atoms with Crippen LogP contribution >= 0.6 is 0 Å². The molecule has 2 aliphatic heterocycles. The van der Waals surface area contributed by atoms with Gasteiger partial charge in [0.15, 0.2) is 0 Å². The fraction of sp³-hybridized carbons (Fsp3) is 0.100. The number of nitrogens with one attached hydrogen (secondary N) is 1. The van der Waals surface area contributed by atoms with Gasteiger partial charge in [0.25, 0.3) is 11.7 Å². The molecule has 0 fully saturated rings. The molecule has 15 heavy (non-hydrogen) atoms. The van der Waals surface area contributed by atoms with Gasteiger partial charge in [0.05, 0.1) is 16.8 Å². The van der Waals surface area contributed by atoms with Crippen molar-refractivity contribution in [1.29, 1.82) is 0 Å². The van der Waals surface area contributed by atoms with Crippen LogP contribution in [0.5, 0.6) is 0 Å². The number of fused-ring (bicyclic) bond motifs is 3. The second-order valence-electron chi connectivity index (χ2n) is 3.37. The number of esters is 1. The molecule has 0 aromatic heterocycles. The third-order valence-electron chi connectivity index (χ3n) is 2.57. The van der Waals surface area contributed by atoms with Gasteiger partial charge >= 0.3 is 5.97 Å². The van der Waals surface area contributed by atoms with Crippen LogP contribution in [0.15, 0.2) is 12.1 Å². The van der Waals surface area contributed by atoms with E-state index in [4.69, 9.17) is 4.74 Å². The highest BCUT2D eigenvalue weighted by atomic mass is 16.5. The van der Waals surface area contributed by atoms with Crippen molar-refractivity contribution >= 4 is 23.3 Å². The Morgan fingerprint density at radius 1 is 1.13 bits per heavy atom. The van der Waals surface area contributed by atoms with Crippen molar-refractivity contribution in [3.63, 3.8) is 0 Å². The highest BCUT2D eigenvalue weighted by molar-refractivity contribution is 6.52. The second-order valence-corrected chi connectivity index (χ2v) is 3.37. The molecule has 1 N–H and O–H groups in total. The zero-order valence-corrected chi connectivity index (χ0v) is 7.49. The summed E-state index contributed by atoms with van der Waals surface area (Å²) in [6.07, 6.45) is 0. The van der Waals surface area contributed by atoms with E-state index in [9.17, 15) is 14.4 Å². The molecule has 5 heteroatoms. The molecule has 0 aliphatic carbocycles. The summed E-state index contributed by atoms with van der Waals surface area (Å²) in [5, 5.41) is 2.45. The number of rotatable bonds is 0. The van der Waals surface area contributed by atoms with Crippen molar-refractivity contribution in [3.8, 4) is 0 Å². The number of cyclic esters (lactones) is 1. The maximum atomic E-state index is 11.3. The van der Waals surface area contributed by atoms with Crippen LogP contribution in [0.3, 0.4) is 0 Å². The van der Waals surface area contributed by atoms with Gasteiger partial charge in [-0.05, 0) is 12.1 Å². The molecular formula is C10H5NO4. The van der Waals surface area contributed by atoms with E-state index in [0.29, 0.717) is 22.4 Å². The van der Waals surface area contributed by atoms with Crippen LogP contribution in [0.1, 0.15) is 26.3 Å². The van der Waals surface area contributed by atoms with Crippen LogP contribution in [0.25, 0.3) is 0 Å².